The van der Waals surface area contributed by atoms with E-state index in [1.54, 1.807) is 31.2 Å². The van der Waals surface area contributed by atoms with E-state index >= 15 is 0 Å². The van der Waals surface area contributed by atoms with E-state index in [9.17, 15) is 19.2 Å². The van der Waals surface area contributed by atoms with Crippen molar-refractivity contribution < 1.29 is 19.2 Å². The van der Waals surface area contributed by atoms with Crippen LogP contribution in [0.3, 0.4) is 0 Å². The van der Waals surface area contributed by atoms with Gasteiger partial charge in [0.05, 0.1) is 11.4 Å². The number of urea groups is 1. The van der Waals surface area contributed by atoms with Crippen LogP contribution in [0, 0.1) is 0 Å². The molecule has 2 aromatic rings. The molecular formula is C24H24N4O4. The molecule has 2 aromatic carbocycles. The van der Waals surface area contributed by atoms with E-state index in [2.05, 4.69) is 10.6 Å². The number of rotatable bonds is 2. The van der Waals surface area contributed by atoms with Crippen LogP contribution < -0.4 is 15.5 Å². The minimum atomic E-state index is -1.12. The highest BCUT2D eigenvalue weighted by atomic mass is 16.2. The predicted molar refractivity (Wildman–Crippen MR) is 118 cm³/mol. The largest absolute Gasteiger partial charge is 0.325 e. The summed E-state index contributed by atoms with van der Waals surface area (Å²) in [5.74, 6) is -0.993. The molecule has 0 aromatic heterocycles. The van der Waals surface area contributed by atoms with Crippen LogP contribution in [0.15, 0.2) is 48.5 Å². The topological polar surface area (TPSA) is 98.8 Å². The number of benzene rings is 2. The minimum Gasteiger partial charge on any atom is -0.324 e. The monoisotopic (exact) mass is 432 g/mol. The van der Waals surface area contributed by atoms with Crippen LogP contribution in [0.2, 0.25) is 0 Å². The number of hydrogen-bond donors (Lipinski definition) is 2. The van der Waals surface area contributed by atoms with Crippen molar-refractivity contribution in [3.05, 3.63) is 59.7 Å². The normalized spacial score (nSPS) is 24.5. The lowest BCUT2D eigenvalue weighted by atomic mass is 9.76. The minimum absolute atomic E-state index is 0.123. The van der Waals surface area contributed by atoms with Crippen molar-refractivity contribution >= 4 is 35.1 Å². The summed E-state index contributed by atoms with van der Waals surface area (Å²) in [6.07, 6.45) is 2.25. The highest BCUT2D eigenvalue weighted by Gasteiger charge is 2.54. The second-order valence-corrected chi connectivity index (χ2v) is 8.62. The molecule has 2 unspecified atom stereocenters. The number of carbonyl (C=O) groups is 4. The Morgan fingerprint density at radius 2 is 1.84 bits per heavy atom. The summed E-state index contributed by atoms with van der Waals surface area (Å²) in [7, 11) is 0. The van der Waals surface area contributed by atoms with Gasteiger partial charge in [0.2, 0.25) is 11.8 Å². The third-order valence-electron chi connectivity index (χ3n) is 6.57. The molecule has 1 fully saturated rings. The molecule has 2 heterocycles. The van der Waals surface area contributed by atoms with E-state index in [4.69, 9.17) is 0 Å². The summed E-state index contributed by atoms with van der Waals surface area (Å²) >= 11 is 0. The van der Waals surface area contributed by atoms with Crippen molar-refractivity contribution in [1.29, 1.82) is 0 Å². The van der Waals surface area contributed by atoms with Gasteiger partial charge in [-0.05, 0) is 49.4 Å². The van der Waals surface area contributed by atoms with Crippen LogP contribution in [0.25, 0.3) is 0 Å². The van der Waals surface area contributed by atoms with Crippen LogP contribution in [0.1, 0.15) is 37.3 Å². The number of aryl methyl sites for hydroxylation is 1. The zero-order valence-corrected chi connectivity index (χ0v) is 17.8. The number of amides is 5. The first-order chi connectivity index (χ1) is 15.4. The Balaban J connectivity index is 1.45. The zero-order valence-electron chi connectivity index (χ0n) is 17.8. The van der Waals surface area contributed by atoms with Crippen LogP contribution in [-0.4, -0.2) is 41.2 Å². The quantitative estimate of drug-likeness (QED) is 0.713. The maximum absolute atomic E-state index is 13.5. The second kappa shape index (κ2) is 7.47. The Morgan fingerprint density at radius 3 is 2.69 bits per heavy atom. The fraction of sp³-hybridized carbons (Fsp3) is 0.333. The molecule has 3 aliphatic rings. The maximum Gasteiger partial charge on any atom is 0.325 e. The molecule has 164 valence electrons. The highest BCUT2D eigenvalue weighted by Crippen LogP contribution is 2.40. The Morgan fingerprint density at radius 1 is 1.09 bits per heavy atom. The van der Waals surface area contributed by atoms with Crippen molar-refractivity contribution in [2.75, 3.05) is 16.8 Å². The van der Waals surface area contributed by atoms with E-state index in [0.29, 0.717) is 17.8 Å². The lowest BCUT2D eigenvalue weighted by Gasteiger charge is -2.33. The van der Waals surface area contributed by atoms with Gasteiger partial charge in [-0.1, -0.05) is 36.4 Å². The molecule has 2 aliphatic heterocycles. The van der Waals surface area contributed by atoms with Gasteiger partial charge in [0.15, 0.2) is 0 Å². The summed E-state index contributed by atoms with van der Waals surface area (Å²) < 4.78 is 0. The molecule has 2 atom stereocenters. The van der Waals surface area contributed by atoms with Crippen LogP contribution in [0.4, 0.5) is 16.2 Å². The Labute approximate surface area is 185 Å². The number of carbonyl (C=O) groups excluding carboxylic acids is 4. The van der Waals surface area contributed by atoms with Crippen LogP contribution in [-0.2, 0) is 26.3 Å². The molecule has 1 saturated heterocycles. The van der Waals surface area contributed by atoms with Crippen molar-refractivity contribution in [1.82, 2.24) is 10.2 Å². The Hall–Kier alpha value is -3.68. The van der Waals surface area contributed by atoms with Crippen molar-refractivity contribution in [2.45, 2.75) is 44.2 Å². The number of fused-ring (bicyclic) bond motifs is 3. The van der Waals surface area contributed by atoms with Gasteiger partial charge in [-0.25, -0.2) is 4.79 Å². The fourth-order valence-corrected chi connectivity index (χ4v) is 5.13. The van der Waals surface area contributed by atoms with Gasteiger partial charge in [0.25, 0.3) is 5.91 Å². The summed E-state index contributed by atoms with van der Waals surface area (Å²) in [6, 6.07) is 13.7. The van der Waals surface area contributed by atoms with Crippen LogP contribution >= 0.6 is 0 Å². The highest BCUT2D eigenvalue weighted by molar-refractivity contribution is 6.12. The number of nitrogens with one attached hydrogen (secondary N) is 2. The summed E-state index contributed by atoms with van der Waals surface area (Å²) in [6.45, 7) is 1.39. The number of para-hydroxylation sites is 2. The zero-order chi connectivity index (χ0) is 22.5. The fourth-order valence-electron chi connectivity index (χ4n) is 5.13. The van der Waals surface area contributed by atoms with Gasteiger partial charge in [-0.3, -0.25) is 19.3 Å². The molecule has 1 spiro atoms. The van der Waals surface area contributed by atoms with Crippen molar-refractivity contribution in [3.8, 4) is 0 Å². The molecule has 8 heteroatoms. The maximum atomic E-state index is 13.5. The summed E-state index contributed by atoms with van der Waals surface area (Å²) in [5, 5.41) is 5.70. The number of hydrogen-bond acceptors (Lipinski definition) is 4. The van der Waals surface area contributed by atoms with Crippen LogP contribution in [0.5, 0.6) is 0 Å². The molecule has 5 rings (SSSR count). The molecule has 2 N–H and O–H groups in total. The Kier molecular flexibility index (Phi) is 4.73. The first-order valence-electron chi connectivity index (χ1n) is 10.8. The average Bonchev–Trinajstić information content (AvgIpc) is 2.91. The SMILES string of the molecule is CC1CC(=O)Nc2ccccc2N1C(=O)CN1C(=O)NC2(CCCc3ccccc32)C1=O. The lowest BCUT2D eigenvalue weighted by molar-refractivity contribution is -0.135. The molecule has 1 aliphatic carbocycles. The standard InChI is InChI=1S/C24H24N4O4/c1-15-13-20(29)25-18-10-4-5-11-19(18)28(15)21(30)14-27-22(31)24(26-23(27)32)12-6-8-16-7-2-3-9-17(16)24/h2-5,7,9-11,15H,6,8,12-14H2,1H3,(H,25,29)(H,26,32). The predicted octanol–water partition coefficient (Wildman–Crippen LogP) is 2.53. The van der Waals surface area contributed by atoms with Gasteiger partial charge in [-0.2, -0.15) is 0 Å². The third kappa shape index (κ3) is 3.05. The molecule has 0 saturated carbocycles. The summed E-state index contributed by atoms with van der Waals surface area (Å²) in [4.78, 5) is 54.6. The van der Waals surface area contributed by atoms with E-state index < -0.39 is 29.4 Å². The molecule has 0 radical (unpaired) electrons. The van der Waals surface area contributed by atoms with Gasteiger partial charge < -0.3 is 15.5 Å². The van der Waals surface area contributed by atoms with Gasteiger partial charge in [0, 0.05) is 12.5 Å². The Bertz CT molecular complexity index is 1150. The van der Waals surface area contributed by atoms with Gasteiger partial charge >= 0.3 is 6.03 Å². The van der Waals surface area contributed by atoms with E-state index in [1.165, 1.54) is 4.90 Å². The van der Waals surface area contributed by atoms with Gasteiger partial charge in [-0.15, -0.1) is 0 Å². The van der Waals surface area contributed by atoms with Crippen molar-refractivity contribution in [3.63, 3.8) is 0 Å². The summed E-state index contributed by atoms with van der Waals surface area (Å²) in [5.41, 5.74) is 1.82. The lowest BCUT2D eigenvalue weighted by Crippen LogP contribution is -2.48. The second-order valence-electron chi connectivity index (χ2n) is 8.62. The van der Waals surface area contributed by atoms with E-state index in [1.807, 2.05) is 24.3 Å². The van der Waals surface area contributed by atoms with E-state index in [0.717, 1.165) is 28.9 Å². The molecule has 0 bridgehead atoms. The molecule has 8 nitrogen and oxygen atoms in total. The molecule has 5 amide bonds. The molecular weight excluding hydrogens is 408 g/mol. The number of anilines is 2. The smallest absolute Gasteiger partial charge is 0.324 e. The number of nitrogens with zero attached hydrogens (tertiary/aromatic N) is 2. The number of imide groups is 1. The van der Waals surface area contributed by atoms with E-state index in [-0.39, 0.29) is 18.9 Å². The molecule has 32 heavy (non-hydrogen) atoms. The third-order valence-corrected chi connectivity index (χ3v) is 6.57. The van der Waals surface area contributed by atoms with Gasteiger partial charge in [0.1, 0.15) is 12.1 Å². The average molecular weight is 432 g/mol. The first-order valence-corrected chi connectivity index (χ1v) is 10.8. The first kappa shape index (κ1) is 20.2. The van der Waals surface area contributed by atoms with Crippen molar-refractivity contribution in [2.24, 2.45) is 0 Å².